The Labute approximate surface area is 200 Å². The fourth-order valence-electron chi connectivity index (χ4n) is 4.49. The van der Waals surface area contributed by atoms with Crippen molar-refractivity contribution in [2.75, 3.05) is 50.8 Å². The Kier molecular flexibility index (Phi) is 7.18. The number of carbonyl (C=O) groups excluding carboxylic acids is 1. The molecule has 10 heteroatoms. The first-order valence-electron chi connectivity index (χ1n) is 12.0. The zero-order valence-corrected chi connectivity index (χ0v) is 20.9. The maximum Gasteiger partial charge on any atom is 0.409 e. The monoisotopic (exact) mass is 491 g/mol. The van der Waals surface area contributed by atoms with Crippen LogP contribution in [0.15, 0.2) is 27.4 Å². The van der Waals surface area contributed by atoms with Gasteiger partial charge in [0.2, 0.25) is 10.0 Å². The maximum absolute atomic E-state index is 12.6. The van der Waals surface area contributed by atoms with Crippen molar-refractivity contribution in [1.82, 2.24) is 9.21 Å². The fourth-order valence-corrected chi connectivity index (χ4v) is 6.32. The van der Waals surface area contributed by atoms with E-state index in [2.05, 4.69) is 18.7 Å². The van der Waals surface area contributed by atoms with E-state index in [0.717, 1.165) is 42.6 Å². The normalized spacial score (nSPS) is 17.2. The second-order valence-electron chi connectivity index (χ2n) is 8.84. The molecule has 0 atom stereocenters. The first kappa shape index (κ1) is 24.5. The zero-order valence-electron chi connectivity index (χ0n) is 20.1. The average Bonchev–Trinajstić information content (AvgIpc) is 3.68. The lowest BCUT2D eigenvalue weighted by Gasteiger charge is -2.33. The number of hydrogen-bond acceptors (Lipinski definition) is 7. The number of carbonyl (C=O) groups is 1. The number of amides is 1. The summed E-state index contributed by atoms with van der Waals surface area (Å²) < 4.78 is 37.2. The van der Waals surface area contributed by atoms with Crippen LogP contribution in [0.25, 0.3) is 11.0 Å². The maximum atomic E-state index is 12.6. The number of rotatable bonds is 8. The van der Waals surface area contributed by atoms with Crippen LogP contribution in [-0.4, -0.2) is 74.8 Å². The number of benzene rings is 1. The predicted molar refractivity (Wildman–Crippen MR) is 131 cm³/mol. The molecule has 1 aromatic carbocycles. The van der Waals surface area contributed by atoms with Crippen LogP contribution < -0.4 is 10.5 Å². The van der Waals surface area contributed by atoms with E-state index in [-0.39, 0.29) is 31.4 Å². The largest absolute Gasteiger partial charge is 0.449 e. The molecule has 2 aliphatic rings. The van der Waals surface area contributed by atoms with Gasteiger partial charge >= 0.3 is 11.7 Å². The molecule has 2 aromatic rings. The molecule has 0 unspecified atom stereocenters. The number of fused-ring (bicyclic) bond motifs is 1. The molecule has 186 valence electrons. The topological polar surface area (TPSA) is 100 Å². The molecule has 0 N–H and O–H groups in total. The van der Waals surface area contributed by atoms with Gasteiger partial charge in [-0.25, -0.2) is 18.0 Å². The summed E-state index contributed by atoms with van der Waals surface area (Å²) in [5, 5.41) is 0.622. The van der Waals surface area contributed by atoms with E-state index < -0.39 is 21.7 Å². The Morgan fingerprint density at radius 3 is 2.44 bits per heavy atom. The van der Waals surface area contributed by atoms with Gasteiger partial charge in [0.05, 0.1) is 11.9 Å². The van der Waals surface area contributed by atoms with Gasteiger partial charge in [-0.3, -0.25) is 0 Å². The van der Waals surface area contributed by atoms with Gasteiger partial charge in [0.15, 0.2) is 0 Å². The summed E-state index contributed by atoms with van der Waals surface area (Å²) in [4.78, 5) is 28.8. The van der Waals surface area contributed by atoms with Gasteiger partial charge < -0.3 is 19.0 Å². The molecule has 2 fully saturated rings. The molecule has 0 bridgehead atoms. The first-order chi connectivity index (χ1) is 16.3. The summed E-state index contributed by atoms with van der Waals surface area (Å²) >= 11 is 0. The molecule has 1 aliphatic heterocycles. The number of anilines is 1. The van der Waals surface area contributed by atoms with Crippen molar-refractivity contribution in [1.29, 1.82) is 0 Å². The van der Waals surface area contributed by atoms with Crippen LogP contribution in [-0.2, 0) is 21.2 Å². The lowest BCUT2D eigenvalue weighted by Crippen LogP contribution is -2.51. The highest BCUT2D eigenvalue weighted by atomic mass is 32.2. The van der Waals surface area contributed by atoms with Crippen molar-refractivity contribution in [3.8, 4) is 0 Å². The third-order valence-electron chi connectivity index (χ3n) is 6.78. The number of hydrogen-bond donors (Lipinski definition) is 0. The van der Waals surface area contributed by atoms with E-state index >= 15 is 0 Å². The molecule has 0 spiro atoms. The molecule has 1 aromatic heterocycles. The molecular formula is C24H33N3O6S. The lowest BCUT2D eigenvalue weighted by atomic mass is 10.0. The Hall–Kier alpha value is -2.59. The van der Waals surface area contributed by atoms with E-state index in [1.54, 1.807) is 0 Å². The number of nitrogens with zero attached hydrogens (tertiary/aromatic N) is 3. The molecule has 1 saturated heterocycles. The Morgan fingerprint density at radius 1 is 1.15 bits per heavy atom. The van der Waals surface area contributed by atoms with E-state index in [9.17, 15) is 18.0 Å². The SMILES string of the molecule is CCN(CC)c1ccc2c(C)c(CCOC(=O)N3CCN(S(=O)(=O)C4CC4)CC3)c(=O)oc2c1. The number of piperazine rings is 1. The summed E-state index contributed by atoms with van der Waals surface area (Å²) in [6.07, 6.45) is 1.22. The standard InChI is InChI=1S/C24H33N3O6S/c1-4-25(5-2)18-6-9-20-17(3)21(23(28)33-22(20)16-18)10-15-32-24(29)26-11-13-27(14-12-26)34(30,31)19-7-8-19/h6,9,16,19H,4-5,7-8,10-15H2,1-3H3. The van der Waals surface area contributed by atoms with E-state index in [1.165, 1.54) is 9.21 Å². The van der Waals surface area contributed by atoms with Crippen molar-refractivity contribution in [2.45, 2.75) is 45.3 Å². The molecule has 1 amide bonds. The van der Waals surface area contributed by atoms with Gasteiger partial charge in [-0.1, -0.05) is 0 Å². The van der Waals surface area contributed by atoms with Crippen LogP contribution in [0.2, 0.25) is 0 Å². The van der Waals surface area contributed by atoms with Crippen molar-refractivity contribution >= 4 is 32.8 Å². The average molecular weight is 492 g/mol. The second kappa shape index (κ2) is 9.95. The second-order valence-corrected chi connectivity index (χ2v) is 11.1. The minimum atomic E-state index is -3.22. The molecular weight excluding hydrogens is 458 g/mol. The predicted octanol–water partition coefficient (Wildman–Crippen LogP) is 2.74. The van der Waals surface area contributed by atoms with Crippen LogP contribution in [0, 0.1) is 6.92 Å². The summed E-state index contributed by atoms with van der Waals surface area (Å²) in [5.41, 5.74) is 2.46. The van der Waals surface area contributed by atoms with Crippen molar-refractivity contribution in [3.63, 3.8) is 0 Å². The number of sulfonamides is 1. The summed E-state index contributed by atoms with van der Waals surface area (Å²) in [5.74, 6) is 0. The van der Waals surface area contributed by atoms with Crippen LogP contribution in [0.3, 0.4) is 0 Å². The summed E-state index contributed by atoms with van der Waals surface area (Å²) in [6, 6.07) is 5.88. The minimum Gasteiger partial charge on any atom is -0.449 e. The van der Waals surface area contributed by atoms with Gasteiger partial charge in [-0.15, -0.1) is 0 Å². The molecule has 9 nitrogen and oxygen atoms in total. The van der Waals surface area contributed by atoms with E-state index in [0.29, 0.717) is 24.2 Å². The van der Waals surface area contributed by atoms with Gasteiger partial charge in [0, 0.05) is 68.4 Å². The van der Waals surface area contributed by atoms with E-state index in [4.69, 9.17) is 9.15 Å². The highest BCUT2D eigenvalue weighted by molar-refractivity contribution is 7.90. The first-order valence-corrected chi connectivity index (χ1v) is 13.5. The minimum absolute atomic E-state index is 0.0497. The van der Waals surface area contributed by atoms with Crippen molar-refractivity contribution in [3.05, 3.63) is 39.7 Å². The van der Waals surface area contributed by atoms with Crippen LogP contribution in [0.1, 0.15) is 37.8 Å². The summed E-state index contributed by atoms with van der Waals surface area (Å²) in [7, 11) is -3.22. The van der Waals surface area contributed by atoms with Crippen molar-refractivity contribution < 1.29 is 22.4 Å². The molecule has 1 saturated carbocycles. The van der Waals surface area contributed by atoms with Gasteiger partial charge in [0.1, 0.15) is 5.58 Å². The quantitative estimate of drug-likeness (QED) is 0.524. The van der Waals surface area contributed by atoms with Crippen molar-refractivity contribution in [2.24, 2.45) is 0 Å². The van der Waals surface area contributed by atoms with Gasteiger partial charge in [-0.2, -0.15) is 4.31 Å². The molecule has 4 rings (SSSR count). The number of ether oxygens (including phenoxy) is 1. The fraction of sp³-hybridized carbons (Fsp3) is 0.583. The molecule has 34 heavy (non-hydrogen) atoms. The van der Waals surface area contributed by atoms with Crippen LogP contribution >= 0.6 is 0 Å². The highest BCUT2D eigenvalue weighted by Gasteiger charge is 2.41. The summed E-state index contributed by atoms with van der Waals surface area (Å²) in [6.45, 7) is 8.99. The van der Waals surface area contributed by atoms with Crippen LogP contribution in [0.4, 0.5) is 10.5 Å². The smallest absolute Gasteiger partial charge is 0.409 e. The Bertz CT molecular complexity index is 1210. The van der Waals surface area contributed by atoms with E-state index in [1.807, 2.05) is 25.1 Å². The lowest BCUT2D eigenvalue weighted by molar-refractivity contribution is 0.0899. The third-order valence-corrected chi connectivity index (χ3v) is 9.18. The number of aryl methyl sites for hydroxylation is 1. The van der Waals surface area contributed by atoms with Crippen LogP contribution in [0.5, 0.6) is 0 Å². The third kappa shape index (κ3) is 4.93. The Balaban J connectivity index is 1.35. The molecule has 2 heterocycles. The molecule has 1 aliphatic carbocycles. The van der Waals surface area contributed by atoms with Gasteiger partial charge in [-0.05, 0) is 51.3 Å². The Morgan fingerprint density at radius 2 is 1.82 bits per heavy atom. The highest BCUT2D eigenvalue weighted by Crippen LogP contribution is 2.31. The molecule has 0 radical (unpaired) electrons. The van der Waals surface area contributed by atoms with Gasteiger partial charge in [0.25, 0.3) is 0 Å². The zero-order chi connectivity index (χ0) is 24.5.